The predicted molar refractivity (Wildman–Crippen MR) is 63.7 cm³/mol. The molecule has 1 heteroatoms. The van der Waals surface area contributed by atoms with Crippen LogP contribution in [0.4, 0.5) is 0 Å². The SMILES string of the molecule is CCC1CCCC(O)(C2=CCCCC2)C1. The van der Waals surface area contributed by atoms with Crippen LogP contribution in [0.15, 0.2) is 11.6 Å². The number of aliphatic hydroxyl groups is 1. The van der Waals surface area contributed by atoms with Crippen LogP contribution in [0.3, 0.4) is 0 Å². The average molecular weight is 208 g/mol. The molecule has 2 rings (SSSR count). The van der Waals surface area contributed by atoms with Crippen LogP contribution in [-0.4, -0.2) is 10.7 Å². The number of hydrogen-bond donors (Lipinski definition) is 1. The first-order chi connectivity index (χ1) is 7.24. The first-order valence-electron chi connectivity index (χ1n) is 6.66. The molecule has 0 aromatic carbocycles. The van der Waals surface area contributed by atoms with Gasteiger partial charge in [0.15, 0.2) is 0 Å². The van der Waals surface area contributed by atoms with Crippen molar-refractivity contribution >= 4 is 0 Å². The summed E-state index contributed by atoms with van der Waals surface area (Å²) in [4.78, 5) is 0. The average Bonchev–Trinajstić information content (AvgIpc) is 2.30. The molecule has 0 heterocycles. The minimum atomic E-state index is -0.417. The Labute approximate surface area is 93.6 Å². The Kier molecular flexibility index (Phi) is 3.50. The van der Waals surface area contributed by atoms with Gasteiger partial charge in [0.25, 0.3) is 0 Å². The first-order valence-corrected chi connectivity index (χ1v) is 6.66. The predicted octanol–water partition coefficient (Wildman–Crippen LogP) is 3.82. The van der Waals surface area contributed by atoms with Crippen molar-refractivity contribution < 1.29 is 5.11 Å². The van der Waals surface area contributed by atoms with Gasteiger partial charge in [0, 0.05) is 0 Å². The second kappa shape index (κ2) is 4.69. The number of rotatable bonds is 2. The van der Waals surface area contributed by atoms with Crippen molar-refractivity contribution in [3.8, 4) is 0 Å². The third-order valence-corrected chi connectivity index (χ3v) is 4.30. The smallest absolute Gasteiger partial charge is 0.0859 e. The lowest BCUT2D eigenvalue weighted by molar-refractivity contribution is 0.0124. The van der Waals surface area contributed by atoms with Crippen molar-refractivity contribution in [2.45, 2.75) is 70.3 Å². The van der Waals surface area contributed by atoms with E-state index in [1.807, 2.05) is 0 Å². The van der Waals surface area contributed by atoms with Gasteiger partial charge in [0.1, 0.15) is 0 Å². The monoisotopic (exact) mass is 208 g/mol. The molecule has 0 bridgehead atoms. The van der Waals surface area contributed by atoms with E-state index in [0.717, 1.165) is 25.2 Å². The summed E-state index contributed by atoms with van der Waals surface area (Å²) in [7, 11) is 0. The molecule has 0 amide bonds. The summed E-state index contributed by atoms with van der Waals surface area (Å²) in [5, 5.41) is 10.7. The molecule has 1 saturated carbocycles. The Bertz CT molecular complexity index is 244. The van der Waals surface area contributed by atoms with E-state index in [1.165, 1.54) is 44.1 Å². The van der Waals surface area contributed by atoms with Crippen LogP contribution in [0.1, 0.15) is 64.7 Å². The molecule has 1 fully saturated rings. The standard InChI is InChI=1S/C14H24O/c1-2-12-7-6-10-14(15,11-12)13-8-4-3-5-9-13/h8,12,15H,2-7,9-11H2,1H3. The van der Waals surface area contributed by atoms with E-state index in [-0.39, 0.29) is 0 Å². The Hall–Kier alpha value is -0.300. The second-order valence-corrected chi connectivity index (χ2v) is 5.38. The summed E-state index contributed by atoms with van der Waals surface area (Å²) in [5.41, 5.74) is 0.950. The molecule has 0 aromatic heterocycles. The molecular formula is C14H24O. The highest BCUT2D eigenvalue weighted by Crippen LogP contribution is 2.41. The summed E-state index contributed by atoms with van der Waals surface area (Å²) in [6.45, 7) is 2.26. The minimum Gasteiger partial charge on any atom is -0.386 e. The Morgan fingerprint density at radius 3 is 2.93 bits per heavy atom. The van der Waals surface area contributed by atoms with Gasteiger partial charge in [-0.1, -0.05) is 25.8 Å². The summed E-state index contributed by atoms with van der Waals surface area (Å²) in [6.07, 6.45) is 13.1. The van der Waals surface area contributed by atoms with Gasteiger partial charge in [0.2, 0.25) is 0 Å². The van der Waals surface area contributed by atoms with Crippen LogP contribution in [0.5, 0.6) is 0 Å². The third kappa shape index (κ3) is 2.44. The zero-order valence-corrected chi connectivity index (χ0v) is 9.97. The lowest BCUT2D eigenvalue weighted by atomic mass is 9.71. The van der Waals surface area contributed by atoms with E-state index in [4.69, 9.17) is 0 Å². The molecule has 0 radical (unpaired) electrons. The highest BCUT2D eigenvalue weighted by atomic mass is 16.3. The van der Waals surface area contributed by atoms with Crippen molar-refractivity contribution in [2.75, 3.05) is 0 Å². The molecule has 0 aromatic rings. The summed E-state index contributed by atoms with van der Waals surface area (Å²) in [5.74, 6) is 0.756. The molecule has 0 aliphatic heterocycles. The molecule has 2 atom stereocenters. The molecular weight excluding hydrogens is 184 g/mol. The lowest BCUT2D eigenvalue weighted by Gasteiger charge is -2.39. The van der Waals surface area contributed by atoms with Gasteiger partial charge in [-0.3, -0.25) is 0 Å². The van der Waals surface area contributed by atoms with E-state index in [1.54, 1.807) is 0 Å². The number of allylic oxidation sites excluding steroid dienone is 1. The van der Waals surface area contributed by atoms with E-state index in [9.17, 15) is 5.11 Å². The van der Waals surface area contributed by atoms with Crippen LogP contribution in [0.2, 0.25) is 0 Å². The Balaban J connectivity index is 2.07. The van der Waals surface area contributed by atoms with Crippen molar-refractivity contribution in [3.05, 3.63) is 11.6 Å². The van der Waals surface area contributed by atoms with E-state index in [2.05, 4.69) is 13.0 Å². The fraction of sp³-hybridized carbons (Fsp3) is 0.857. The first kappa shape index (κ1) is 11.2. The minimum absolute atomic E-state index is 0.417. The Morgan fingerprint density at radius 1 is 1.40 bits per heavy atom. The fourth-order valence-electron chi connectivity index (χ4n) is 3.27. The van der Waals surface area contributed by atoms with Gasteiger partial charge < -0.3 is 5.11 Å². The van der Waals surface area contributed by atoms with Gasteiger partial charge in [-0.15, -0.1) is 0 Å². The van der Waals surface area contributed by atoms with Gasteiger partial charge in [0.05, 0.1) is 5.60 Å². The molecule has 1 N–H and O–H groups in total. The highest BCUT2D eigenvalue weighted by molar-refractivity contribution is 5.19. The van der Waals surface area contributed by atoms with Crippen LogP contribution in [-0.2, 0) is 0 Å². The maximum atomic E-state index is 10.7. The summed E-state index contributed by atoms with van der Waals surface area (Å²) < 4.78 is 0. The molecule has 0 saturated heterocycles. The zero-order chi connectivity index (χ0) is 10.7. The topological polar surface area (TPSA) is 20.2 Å². The van der Waals surface area contributed by atoms with E-state index >= 15 is 0 Å². The van der Waals surface area contributed by atoms with Gasteiger partial charge in [-0.25, -0.2) is 0 Å². The van der Waals surface area contributed by atoms with E-state index in [0.29, 0.717) is 0 Å². The zero-order valence-electron chi connectivity index (χ0n) is 9.97. The van der Waals surface area contributed by atoms with Crippen molar-refractivity contribution in [2.24, 2.45) is 5.92 Å². The fourth-order valence-corrected chi connectivity index (χ4v) is 3.27. The molecule has 0 spiro atoms. The quantitative estimate of drug-likeness (QED) is 0.684. The molecule has 1 nitrogen and oxygen atoms in total. The van der Waals surface area contributed by atoms with Gasteiger partial charge in [-0.2, -0.15) is 0 Å². The van der Waals surface area contributed by atoms with Crippen LogP contribution in [0, 0.1) is 5.92 Å². The second-order valence-electron chi connectivity index (χ2n) is 5.38. The van der Waals surface area contributed by atoms with E-state index < -0.39 is 5.60 Å². The van der Waals surface area contributed by atoms with Crippen LogP contribution >= 0.6 is 0 Å². The van der Waals surface area contributed by atoms with Gasteiger partial charge in [-0.05, 0) is 56.4 Å². The molecule has 2 unspecified atom stereocenters. The molecule has 86 valence electrons. The largest absolute Gasteiger partial charge is 0.386 e. The molecule has 15 heavy (non-hydrogen) atoms. The maximum Gasteiger partial charge on any atom is 0.0859 e. The highest BCUT2D eigenvalue weighted by Gasteiger charge is 2.36. The normalized spacial score (nSPS) is 37.5. The van der Waals surface area contributed by atoms with Crippen molar-refractivity contribution in [1.82, 2.24) is 0 Å². The molecule has 2 aliphatic rings. The third-order valence-electron chi connectivity index (χ3n) is 4.30. The lowest BCUT2D eigenvalue weighted by Crippen LogP contribution is -2.37. The van der Waals surface area contributed by atoms with Crippen LogP contribution < -0.4 is 0 Å². The summed E-state index contributed by atoms with van der Waals surface area (Å²) in [6, 6.07) is 0. The Morgan fingerprint density at radius 2 is 2.27 bits per heavy atom. The molecule has 2 aliphatic carbocycles. The van der Waals surface area contributed by atoms with Crippen molar-refractivity contribution in [1.29, 1.82) is 0 Å². The van der Waals surface area contributed by atoms with Crippen LogP contribution in [0.25, 0.3) is 0 Å². The van der Waals surface area contributed by atoms with Crippen molar-refractivity contribution in [3.63, 3.8) is 0 Å². The maximum absolute atomic E-state index is 10.7. The van der Waals surface area contributed by atoms with Gasteiger partial charge >= 0.3 is 0 Å². The number of hydrogen-bond acceptors (Lipinski definition) is 1. The summed E-state index contributed by atoms with van der Waals surface area (Å²) >= 11 is 0.